The molecule has 0 saturated carbocycles. The minimum Gasteiger partial charge on any atom is -0.306 e. The third kappa shape index (κ3) is 1.44. The van der Waals surface area contributed by atoms with Crippen molar-refractivity contribution in [1.29, 1.82) is 0 Å². The van der Waals surface area contributed by atoms with Crippen molar-refractivity contribution in [3.05, 3.63) is 59.7 Å². The Labute approximate surface area is 96.1 Å². The van der Waals surface area contributed by atoms with Crippen LogP contribution in [0.25, 0.3) is 11.1 Å². The molecule has 1 atom stereocenters. The SMILES string of the molecule is CC1NCc2ccccc2-c2ccccc21. The van der Waals surface area contributed by atoms with Crippen molar-refractivity contribution in [2.24, 2.45) is 0 Å². The quantitative estimate of drug-likeness (QED) is 0.700. The molecule has 1 heterocycles. The summed E-state index contributed by atoms with van der Waals surface area (Å²) in [4.78, 5) is 0. The summed E-state index contributed by atoms with van der Waals surface area (Å²) in [6.45, 7) is 3.18. The van der Waals surface area contributed by atoms with Crippen molar-refractivity contribution in [2.45, 2.75) is 19.5 Å². The van der Waals surface area contributed by atoms with E-state index in [4.69, 9.17) is 0 Å². The third-order valence-electron chi connectivity index (χ3n) is 3.33. The van der Waals surface area contributed by atoms with E-state index in [1.165, 1.54) is 22.3 Å². The van der Waals surface area contributed by atoms with E-state index in [0.717, 1.165) is 6.54 Å². The van der Waals surface area contributed by atoms with Crippen molar-refractivity contribution in [3.63, 3.8) is 0 Å². The Bertz CT molecular complexity index is 516. The van der Waals surface area contributed by atoms with E-state index in [0.29, 0.717) is 6.04 Å². The van der Waals surface area contributed by atoms with Gasteiger partial charge in [0, 0.05) is 12.6 Å². The van der Waals surface area contributed by atoms with Crippen LogP contribution in [0.2, 0.25) is 0 Å². The average molecular weight is 209 g/mol. The van der Waals surface area contributed by atoms with Crippen LogP contribution >= 0.6 is 0 Å². The topological polar surface area (TPSA) is 12.0 Å². The normalized spacial score (nSPS) is 18.4. The Hall–Kier alpha value is -1.60. The summed E-state index contributed by atoms with van der Waals surface area (Å²) < 4.78 is 0. The summed E-state index contributed by atoms with van der Waals surface area (Å²) in [5, 5.41) is 3.56. The fourth-order valence-corrected chi connectivity index (χ4v) is 2.43. The minimum absolute atomic E-state index is 0.420. The molecule has 1 unspecified atom stereocenters. The number of fused-ring (bicyclic) bond motifs is 3. The molecule has 1 nitrogen and oxygen atoms in total. The van der Waals surface area contributed by atoms with Crippen LogP contribution < -0.4 is 5.32 Å². The summed E-state index contributed by atoms with van der Waals surface area (Å²) in [5.74, 6) is 0. The van der Waals surface area contributed by atoms with Crippen LogP contribution in [0.5, 0.6) is 0 Å². The number of hydrogen-bond acceptors (Lipinski definition) is 1. The van der Waals surface area contributed by atoms with Gasteiger partial charge in [0.1, 0.15) is 0 Å². The second-order valence-corrected chi connectivity index (χ2v) is 4.35. The van der Waals surface area contributed by atoms with E-state index < -0.39 is 0 Å². The van der Waals surface area contributed by atoms with Crippen molar-refractivity contribution < 1.29 is 0 Å². The molecule has 16 heavy (non-hydrogen) atoms. The first-order chi connectivity index (χ1) is 7.86. The van der Waals surface area contributed by atoms with E-state index in [9.17, 15) is 0 Å². The number of benzene rings is 2. The molecular weight excluding hydrogens is 194 g/mol. The van der Waals surface area contributed by atoms with Gasteiger partial charge in [-0.3, -0.25) is 0 Å². The molecule has 2 aromatic rings. The zero-order valence-electron chi connectivity index (χ0n) is 9.40. The van der Waals surface area contributed by atoms with Gasteiger partial charge in [0.15, 0.2) is 0 Å². The van der Waals surface area contributed by atoms with E-state index in [-0.39, 0.29) is 0 Å². The largest absolute Gasteiger partial charge is 0.306 e. The molecule has 0 saturated heterocycles. The molecule has 80 valence electrons. The lowest BCUT2D eigenvalue weighted by atomic mass is 9.95. The molecule has 0 bridgehead atoms. The van der Waals surface area contributed by atoms with Gasteiger partial charge in [-0.15, -0.1) is 0 Å². The molecule has 0 radical (unpaired) electrons. The first-order valence-corrected chi connectivity index (χ1v) is 5.77. The number of rotatable bonds is 0. The van der Waals surface area contributed by atoms with Gasteiger partial charge in [0.2, 0.25) is 0 Å². The second-order valence-electron chi connectivity index (χ2n) is 4.35. The summed E-state index contributed by atoms with van der Waals surface area (Å²) >= 11 is 0. The molecule has 0 fully saturated rings. The van der Waals surface area contributed by atoms with Crippen molar-refractivity contribution in [1.82, 2.24) is 5.32 Å². The van der Waals surface area contributed by atoms with Crippen LogP contribution in [0.1, 0.15) is 24.1 Å². The first kappa shape index (κ1) is 9.61. The molecule has 1 N–H and O–H groups in total. The number of nitrogens with one attached hydrogen (secondary N) is 1. The fraction of sp³-hybridized carbons (Fsp3) is 0.200. The predicted molar refractivity (Wildman–Crippen MR) is 67.1 cm³/mol. The first-order valence-electron chi connectivity index (χ1n) is 5.77. The molecule has 2 aromatic carbocycles. The van der Waals surface area contributed by atoms with E-state index in [2.05, 4.69) is 60.8 Å². The molecule has 0 spiro atoms. The van der Waals surface area contributed by atoms with Gasteiger partial charge < -0.3 is 5.32 Å². The third-order valence-corrected chi connectivity index (χ3v) is 3.33. The van der Waals surface area contributed by atoms with Crippen LogP contribution in [0.4, 0.5) is 0 Å². The number of hydrogen-bond donors (Lipinski definition) is 1. The smallest absolute Gasteiger partial charge is 0.0301 e. The maximum Gasteiger partial charge on any atom is 0.0301 e. The fourth-order valence-electron chi connectivity index (χ4n) is 2.43. The Balaban J connectivity index is 2.28. The molecule has 3 rings (SSSR count). The summed E-state index contributed by atoms with van der Waals surface area (Å²) in [7, 11) is 0. The molecule has 0 aromatic heterocycles. The van der Waals surface area contributed by atoms with Crippen molar-refractivity contribution in [2.75, 3.05) is 0 Å². The zero-order valence-corrected chi connectivity index (χ0v) is 9.40. The highest BCUT2D eigenvalue weighted by molar-refractivity contribution is 5.72. The van der Waals surface area contributed by atoms with Gasteiger partial charge in [0.05, 0.1) is 0 Å². The van der Waals surface area contributed by atoms with Gasteiger partial charge in [-0.25, -0.2) is 0 Å². The van der Waals surface area contributed by atoms with Crippen LogP contribution in [0.3, 0.4) is 0 Å². The van der Waals surface area contributed by atoms with E-state index >= 15 is 0 Å². The Morgan fingerprint density at radius 1 is 0.938 bits per heavy atom. The van der Waals surface area contributed by atoms with Gasteiger partial charge in [-0.2, -0.15) is 0 Å². The Kier molecular flexibility index (Phi) is 2.26. The lowest BCUT2D eigenvalue weighted by Crippen LogP contribution is -2.16. The van der Waals surface area contributed by atoms with Crippen molar-refractivity contribution >= 4 is 0 Å². The summed E-state index contributed by atoms with van der Waals surface area (Å²) in [5.41, 5.74) is 5.53. The molecular formula is C15H15N. The molecule has 0 aliphatic carbocycles. The van der Waals surface area contributed by atoms with Crippen LogP contribution in [0.15, 0.2) is 48.5 Å². The van der Waals surface area contributed by atoms with Crippen LogP contribution in [-0.2, 0) is 6.54 Å². The standard InChI is InChI=1S/C15H15N/c1-11-13-7-4-5-9-15(13)14-8-3-2-6-12(14)10-16-11/h2-9,11,16H,10H2,1H3. The maximum atomic E-state index is 3.56. The second kappa shape index (κ2) is 3.76. The maximum absolute atomic E-state index is 3.56. The molecule has 1 heteroatoms. The Morgan fingerprint density at radius 3 is 2.50 bits per heavy atom. The molecule has 0 amide bonds. The van der Waals surface area contributed by atoms with Gasteiger partial charge in [0.25, 0.3) is 0 Å². The van der Waals surface area contributed by atoms with Gasteiger partial charge in [-0.05, 0) is 29.2 Å². The molecule has 1 aliphatic heterocycles. The van der Waals surface area contributed by atoms with E-state index in [1.54, 1.807) is 0 Å². The van der Waals surface area contributed by atoms with E-state index in [1.807, 2.05) is 0 Å². The van der Waals surface area contributed by atoms with Gasteiger partial charge >= 0.3 is 0 Å². The lowest BCUT2D eigenvalue weighted by molar-refractivity contribution is 0.582. The summed E-state index contributed by atoms with van der Waals surface area (Å²) in [6, 6.07) is 17.7. The minimum atomic E-state index is 0.420. The highest BCUT2D eigenvalue weighted by Crippen LogP contribution is 2.33. The van der Waals surface area contributed by atoms with Gasteiger partial charge in [-0.1, -0.05) is 48.5 Å². The monoisotopic (exact) mass is 209 g/mol. The van der Waals surface area contributed by atoms with Crippen molar-refractivity contribution in [3.8, 4) is 11.1 Å². The summed E-state index contributed by atoms with van der Waals surface area (Å²) in [6.07, 6.45) is 0. The highest BCUT2D eigenvalue weighted by Gasteiger charge is 2.17. The lowest BCUT2D eigenvalue weighted by Gasteiger charge is -2.13. The van der Waals surface area contributed by atoms with Crippen LogP contribution in [0, 0.1) is 0 Å². The van der Waals surface area contributed by atoms with Crippen LogP contribution in [-0.4, -0.2) is 0 Å². The Morgan fingerprint density at radius 2 is 1.62 bits per heavy atom. The predicted octanol–water partition coefficient (Wildman–Crippen LogP) is 3.52. The molecule has 1 aliphatic rings. The average Bonchev–Trinajstić information content (AvgIpc) is 2.49. The zero-order chi connectivity index (χ0) is 11.0. The highest BCUT2D eigenvalue weighted by atomic mass is 14.9.